The number of aliphatic carboxylic acids is 2. The summed E-state index contributed by atoms with van der Waals surface area (Å²) in [6.07, 6.45) is -1.87. The number of halogens is 4. The average molecular weight is 470 g/mol. The highest BCUT2D eigenvalue weighted by Gasteiger charge is 2.15. The van der Waals surface area contributed by atoms with Gasteiger partial charge in [0.1, 0.15) is 11.5 Å². The summed E-state index contributed by atoms with van der Waals surface area (Å²) < 4.78 is 10.1. The van der Waals surface area contributed by atoms with Crippen LogP contribution >= 0.6 is 46.4 Å². The van der Waals surface area contributed by atoms with Crippen LogP contribution in [0.3, 0.4) is 0 Å². The zero-order chi connectivity index (χ0) is 21.4. The van der Waals surface area contributed by atoms with Crippen LogP contribution < -0.4 is 9.47 Å². The Morgan fingerprint density at radius 2 is 1.07 bits per heavy atom. The minimum absolute atomic E-state index is 0.297. The van der Waals surface area contributed by atoms with Crippen LogP contribution in [-0.4, -0.2) is 34.4 Å². The van der Waals surface area contributed by atoms with Crippen molar-refractivity contribution >= 4 is 58.3 Å². The molecule has 0 saturated heterocycles. The van der Waals surface area contributed by atoms with Gasteiger partial charge in [0.15, 0.2) is 12.2 Å². The molecule has 2 aromatic rings. The molecule has 152 valence electrons. The van der Waals surface area contributed by atoms with Crippen molar-refractivity contribution in [2.45, 2.75) is 26.1 Å². The first-order valence-electron chi connectivity index (χ1n) is 7.70. The zero-order valence-electron chi connectivity index (χ0n) is 14.7. The molecule has 2 aromatic carbocycles. The molecule has 10 heteroatoms. The molecule has 0 amide bonds. The first-order chi connectivity index (χ1) is 13.0. The first kappa shape index (κ1) is 24.2. The molecule has 0 aliphatic rings. The van der Waals surface area contributed by atoms with Gasteiger partial charge in [-0.05, 0) is 50.2 Å². The molecule has 2 atom stereocenters. The normalized spacial score (nSPS) is 12.2. The molecule has 2 rings (SSSR count). The minimum Gasteiger partial charge on any atom is -0.479 e. The van der Waals surface area contributed by atoms with Crippen LogP contribution in [0.5, 0.6) is 11.5 Å². The molecular weight excluding hydrogens is 454 g/mol. The third kappa shape index (κ3) is 8.02. The van der Waals surface area contributed by atoms with Crippen LogP contribution in [0.25, 0.3) is 0 Å². The lowest BCUT2D eigenvalue weighted by Crippen LogP contribution is -2.22. The quantitative estimate of drug-likeness (QED) is 0.564. The molecule has 2 N–H and O–H groups in total. The van der Waals surface area contributed by atoms with Gasteiger partial charge in [-0.1, -0.05) is 46.4 Å². The first-order valence-corrected chi connectivity index (χ1v) is 9.21. The van der Waals surface area contributed by atoms with Gasteiger partial charge in [0.05, 0.1) is 10.0 Å². The second-order valence-electron chi connectivity index (χ2n) is 5.35. The van der Waals surface area contributed by atoms with Crippen molar-refractivity contribution in [3.63, 3.8) is 0 Å². The molecule has 0 aliphatic carbocycles. The van der Waals surface area contributed by atoms with Crippen molar-refractivity contribution in [1.29, 1.82) is 0 Å². The van der Waals surface area contributed by atoms with E-state index in [0.29, 0.717) is 31.6 Å². The number of hydrogen-bond acceptors (Lipinski definition) is 4. The molecule has 0 radical (unpaired) electrons. The Morgan fingerprint density at radius 3 is 1.32 bits per heavy atom. The maximum Gasteiger partial charge on any atom is 0.344 e. The Bertz CT molecular complexity index is 773. The van der Waals surface area contributed by atoms with E-state index in [2.05, 4.69) is 0 Å². The molecule has 0 spiro atoms. The van der Waals surface area contributed by atoms with E-state index in [1.54, 1.807) is 12.1 Å². The Kier molecular flexibility index (Phi) is 9.69. The van der Waals surface area contributed by atoms with E-state index in [1.165, 1.54) is 38.1 Å². The number of hydrogen-bond donors (Lipinski definition) is 2. The molecule has 0 saturated carbocycles. The van der Waals surface area contributed by atoms with E-state index < -0.39 is 24.1 Å². The standard InChI is InChI=1S/2C9H8Cl2O3/c2*1-5(9(12)13)14-8-3-2-6(10)4-7(8)11/h2*2-5H,1H3,(H,12,13)/t5-;/m1./s1. The number of carbonyl (C=O) groups is 2. The fraction of sp³-hybridized carbons (Fsp3) is 0.222. The molecule has 6 nitrogen and oxygen atoms in total. The Labute approximate surface area is 181 Å². The molecule has 0 aliphatic heterocycles. The maximum absolute atomic E-state index is 10.5. The Hall–Kier alpha value is -1.86. The summed E-state index contributed by atoms with van der Waals surface area (Å²) in [4.78, 5) is 21.0. The molecule has 0 aromatic heterocycles. The van der Waals surface area contributed by atoms with E-state index in [0.717, 1.165) is 0 Å². The monoisotopic (exact) mass is 468 g/mol. The summed E-state index contributed by atoms with van der Waals surface area (Å²) in [5.41, 5.74) is 0. The predicted molar refractivity (Wildman–Crippen MR) is 108 cm³/mol. The Morgan fingerprint density at radius 1 is 0.750 bits per heavy atom. The van der Waals surface area contributed by atoms with Gasteiger partial charge in [-0.2, -0.15) is 0 Å². The van der Waals surface area contributed by atoms with Gasteiger partial charge in [-0.3, -0.25) is 0 Å². The number of carboxylic acid groups (broad SMARTS) is 2. The smallest absolute Gasteiger partial charge is 0.344 e. The fourth-order valence-corrected chi connectivity index (χ4v) is 2.53. The van der Waals surface area contributed by atoms with Gasteiger partial charge in [-0.25, -0.2) is 9.59 Å². The van der Waals surface area contributed by atoms with E-state index in [-0.39, 0.29) is 0 Å². The largest absolute Gasteiger partial charge is 0.479 e. The molecule has 1 unspecified atom stereocenters. The summed E-state index contributed by atoms with van der Waals surface area (Å²) in [6.45, 7) is 2.85. The summed E-state index contributed by atoms with van der Waals surface area (Å²) in [7, 11) is 0. The molecular formula is C18H16Cl4O6. The number of carboxylic acids is 2. The SMILES string of the molecule is CC(Oc1ccc(Cl)cc1Cl)C(=O)O.C[C@@H](Oc1ccc(Cl)cc1Cl)C(=O)O. The van der Waals surface area contributed by atoms with Crippen LogP contribution in [0, 0.1) is 0 Å². The molecule has 0 fully saturated rings. The van der Waals surface area contributed by atoms with Crippen molar-refractivity contribution in [2.75, 3.05) is 0 Å². The van der Waals surface area contributed by atoms with Crippen LogP contribution in [0.2, 0.25) is 20.1 Å². The van der Waals surface area contributed by atoms with Gasteiger partial charge in [0.25, 0.3) is 0 Å². The van der Waals surface area contributed by atoms with Crippen molar-refractivity contribution in [3.8, 4) is 11.5 Å². The average Bonchev–Trinajstić information content (AvgIpc) is 2.60. The van der Waals surface area contributed by atoms with Gasteiger partial charge in [-0.15, -0.1) is 0 Å². The third-order valence-corrected chi connectivity index (χ3v) is 4.15. The van der Waals surface area contributed by atoms with E-state index in [1.807, 2.05) is 0 Å². The highest BCUT2D eigenvalue weighted by atomic mass is 35.5. The lowest BCUT2D eigenvalue weighted by atomic mass is 10.3. The topological polar surface area (TPSA) is 93.1 Å². The fourth-order valence-electron chi connectivity index (χ4n) is 1.62. The van der Waals surface area contributed by atoms with Crippen LogP contribution in [0.15, 0.2) is 36.4 Å². The van der Waals surface area contributed by atoms with E-state index in [4.69, 9.17) is 66.1 Å². The highest BCUT2D eigenvalue weighted by Crippen LogP contribution is 2.29. The summed E-state index contributed by atoms with van der Waals surface area (Å²) in [5.74, 6) is -1.47. The van der Waals surface area contributed by atoms with Gasteiger partial charge in [0.2, 0.25) is 0 Å². The van der Waals surface area contributed by atoms with E-state index in [9.17, 15) is 9.59 Å². The number of ether oxygens (including phenoxy) is 2. The summed E-state index contributed by atoms with van der Waals surface area (Å²) in [6, 6.07) is 9.21. The number of benzene rings is 2. The van der Waals surface area contributed by atoms with Crippen LogP contribution in [-0.2, 0) is 9.59 Å². The van der Waals surface area contributed by atoms with Crippen molar-refractivity contribution in [2.24, 2.45) is 0 Å². The van der Waals surface area contributed by atoms with Crippen molar-refractivity contribution in [1.82, 2.24) is 0 Å². The predicted octanol–water partition coefficient (Wildman–Crippen LogP) is 5.69. The zero-order valence-corrected chi connectivity index (χ0v) is 17.7. The Balaban J connectivity index is 0.000000280. The van der Waals surface area contributed by atoms with E-state index >= 15 is 0 Å². The molecule has 0 bridgehead atoms. The van der Waals surface area contributed by atoms with Crippen molar-refractivity contribution in [3.05, 3.63) is 56.5 Å². The second-order valence-corrected chi connectivity index (χ2v) is 7.03. The lowest BCUT2D eigenvalue weighted by molar-refractivity contribution is -0.145. The van der Waals surface area contributed by atoms with Gasteiger partial charge < -0.3 is 19.7 Å². The lowest BCUT2D eigenvalue weighted by Gasteiger charge is -2.11. The third-order valence-electron chi connectivity index (χ3n) is 3.09. The molecule has 0 heterocycles. The van der Waals surface area contributed by atoms with Crippen LogP contribution in [0.1, 0.15) is 13.8 Å². The number of rotatable bonds is 6. The summed E-state index contributed by atoms with van der Waals surface area (Å²) >= 11 is 22.9. The van der Waals surface area contributed by atoms with Gasteiger partial charge >= 0.3 is 11.9 Å². The molecule has 28 heavy (non-hydrogen) atoms. The maximum atomic E-state index is 10.5. The second kappa shape index (κ2) is 11.2. The highest BCUT2D eigenvalue weighted by molar-refractivity contribution is 6.36. The minimum atomic E-state index is -1.05. The van der Waals surface area contributed by atoms with Gasteiger partial charge in [0, 0.05) is 10.0 Å². The van der Waals surface area contributed by atoms with Crippen LogP contribution in [0.4, 0.5) is 0 Å². The van der Waals surface area contributed by atoms with Crippen molar-refractivity contribution < 1.29 is 29.3 Å². The summed E-state index contributed by atoms with van der Waals surface area (Å²) in [5, 5.41) is 18.7.